The summed E-state index contributed by atoms with van der Waals surface area (Å²) in [4.78, 5) is 17.1. The second kappa shape index (κ2) is 5.88. The third kappa shape index (κ3) is 2.67. The number of nitrogens with zero attached hydrogens (tertiary/aromatic N) is 2. The lowest BCUT2D eigenvalue weighted by Crippen LogP contribution is -2.22. The van der Waals surface area contributed by atoms with E-state index in [0.717, 1.165) is 5.56 Å². The summed E-state index contributed by atoms with van der Waals surface area (Å²) in [6.45, 7) is 3.77. The highest BCUT2D eigenvalue weighted by atomic mass is 35.5. The molecule has 1 heterocycles. The van der Waals surface area contributed by atoms with Crippen LogP contribution in [0.3, 0.4) is 0 Å². The second-order valence-corrected chi connectivity index (χ2v) is 5.18. The zero-order valence-electron chi connectivity index (χ0n) is 11.6. The average molecular weight is 321 g/mol. The third-order valence-electron chi connectivity index (χ3n) is 3.29. The van der Waals surface area contributed by atoms with Gasteiger partial charge in [-0.1, -0.05) is 29.8 Å². The fourth-order valence-corrected chi connectivity index (χ4v) is 2.64. The Morgan fingerprint density at radius 1 is 1.10 bits per heavy atom. The summed E-state index contributed by atoms with van der Waals surface area (Å²) in [5, 5.41) is 1.14. The van der Waals surface area contributed by atoms with E-state index in [0.29, 0.717) is 27.4 Å². The van der Waals surface area contributed by atoms with Crippen LogP contribution in [-0.4, -0.2) is 9.55 Å². The first-order chi connectivity index (χ1) is 9.58. The smallest absolute Gasteiger partial charge is 0.266 e. The number of hydrogen-bond acceptors (Lipinski definition) is 2. The van der Waals surface area contributed by atoms with Crippen LogP contribution >= 0.6 is 24.0 Å². The Kier molecular flexibility index (Phi) is 4.35. The summed E-state index contributed by atoms with van der Waals surface area (Å²) in [5.41, 5.74) is 2.32. The van der Waals surface area contributed by atoms with E-state index in [-0.39, 0.29) is 18.0 Å². The van der Waals surface area contributed by atoms with Crippen LogP contribution in [0.25, 0.3) is 16.6 Å². The number of aromatic nitrogens is 2. The molecule has 3 nitrogen and oxygen atoms in total. The predicted octanol–water partition coefficient (Wildman–Crippen LogP) is 4.08. The van der Waals surface area contributed by atoms with Gasteiger partial charge in [0.25, 0.3) is 5.56 Å². The molecule has 0 fully saturated rings. The van der Waals surface area contributed by atoms with E-state index in [1.165, 1.54) is 0 Å². The molecule has 0 atom stereocenters. The van der Waals surface area contributed by atoms with Crippen LogP contribution in [0.4, 0.5) is 0 Å². The highest BCUT2D eigenvalue weighted by Crippen LogP contribution is 2.22. The summed E-state index contributed by atoms with van der Waals surface area (Å²) in [5.74, 6) is 0.624. The summed E-state index contributed by atoms with van der Waals surface area (Å²) in [6.07, 6.45) is 0. The summed E-state index contributed by atoms with van der Waals surface area (Å²) >= 11 is 6.27. The molecule has 0 aliphatic heterocycles. The number of para-hydroxylation sites is 1. The van der Waals surface area contributed by atoms with Crippen LogP contribution in [0.1, 0.15) is 11.4 Å². The molecule has 0 bridgehead atoms. The van der Waals surface area contributed by atoms with E-state index in [4.69, 9.17) is 11.6 Å². The molecule has 2 aromatic carbocycles. The van der Waals surface area contributed by atoms with Crippen molar-refractivity contribution in [1.82, 2.24) is 9.55 Å². The highest BCUT2D eigenvalue weighted by Gasteiger charge is 2.11. The van der Waals surface area contributed by atoms with Crippen LogP contribution in [0, 0.1) is 13.8 Å². The lowest BCUT2D eigenvalue weighted by atomic mass is 10.2. The Balaban J connectivity index is 0.00000161. The van der Waals surface area contributed by atoms with Crippen molar-refractivity contribution >= 4 is 34.9 Å². The van der Waals surface area contributed by atoms with E-state index in [1.807, 2.05) is 50.2 Å². The van der Waals surface area contributed by atoms with E-state index in [2.05, 4.69) is 4.98 Å². The minimum atomic E-state index is -0.0983. The van der Waals surface area contributed by atoms with Gasteiger partial charge in [-0.25, -0.2) is 4.98 Å². The molecule has 0 saturated heterocycles. The SMILES string of the molecule is Cc1ccc(-n2c(C)nc3ccccc3c2=O)c(Cl)c1.Cl. The van der Waals surface area contributed by atoms with E-state index in [9.17, 15) is 4.79 Å². The van der Waals surface area contributed by atoms with Gasteiger partial charge in [0.05, 0.1) is 21.6 Å². The second-order valence-electron chi connectivity index (χ2n) is 4.77. The predicted molar refractivity (Wildman–Crippen MR) is 89.1 cm³/mol. The Bertz CT molecular complexity index is 872. The molecular formula is C16H14Cl2N2O. The Labute approximate surface area is 133 Å². The van der Waals surface area contributed by atoms with Crippen molar-refractivity contribution in [3.63, 3.8) is 0 Å². The van der Waals surface area contributed by atoms with Crippen molar-refractivity contribution in [3.05, 3.63) is 69.2 Å². The van der Waals surface area contributed by atoms with Gasteiger partial charge in [-0.3, -0.25) is 9.36 Å². The summed E-state index contributed by atoms with van der Waals surface area (Å²) < 4.78 is 1.56. The number of aryl methyl sites for hydroxylation is 2. The Morgan fingerprint density at radius 3 is 2.52 bits per heavy atom. The molecule has 0 saturated carbocycles. The molecule has 108 valence electrons. The average Bonchev–Trinajstić information content (AvgIpc) is 2.41. The van der Waals surface area contributed by atoms with Crippen molar-refractivity contribution in [2.24, 2.45) is 0 Å². The quantitative estimate of drug-likeness (QED) is 0.677. The maximum atomic E-state index is 12.7. The molecule has 0 spiro atoms. The van der Waals surface area contributed by atoms with Gasteiger partial charge in [-0.15, -0.1) is 12.4 Å². The molecule has 0 N–H and O–H groups in total. The number of hydrogen-bond donors (Lipinski definition) is 0. The van der Waals surface area contributed by atoms with Crippen molar-refractivity contribution in [2.45, 2.75) is 13.8 Å². The Morgan fingerprint density at radius 2 is 1.81 bits per heavy atom. The van der Waals surface area contributed by atoms with Gasteiger partial charge in [-0.05, 0) is 43.7 Å². The van der Waals surface area contributed by atoms with E-state index in [1.54, 1.807) is 10.6 Å². The van der Waals surface area contributed by atoms with Crippen molar-refractivity contribution in [1.29, 1.82) is 0 Å². The molecule has 0 radical (unpaired) electrons. The Hall–Kier alpha value is -1.84. The summed E-state index contributed by atoms with van der Waals surface area (Å²) in [6, 6.07) is 13.0. The van der Waals surface area contributed by atoms with Crippen LogP contribution in [0.5, 0.6) is 0 Å². The van der Waals surface area contributed by atoms with E-state index >= 15 is 0 Å². The first-order valence-corrected chi connectivity index (χ1v) is 6.70. The molecule has 0 aliphatic rings. The van der Waals surface area contributed by atoms with Crippen molar-refractivity contribution in [3.8, 4) is 5.69 Å². The van der Waals surface area contributed by atoms with Crippen molar-refractivity contribution in [2.75, 3.05) is 0 Å². The van der Waals surface area contributed by atoms with Gasteiger partial charge in [0.15, 0.2) is 0 Å². The molecule has 0 unspecified atom stereocenters. The molecular weight excluding hydrogens is 307 g/mol. The topological polar surface area (TPSA) is 34.9 Å². The fourth-order valence-electron chi connectivity index (χ4n) is 2.32. The van der Waals surface area contributed by atoms with Gasteiger partial charge in [0.2, 0.25) is 0 Å². The third-order valence-corrected chi connectivity index (χ3v) is 3.59. The highest BCUT2D eigenvalue weighted by molar-refractivity contribution is 6.32. The number of fused-ring (bicyclic) bond motifs is 1. The largest absolute Gasteiger partial charge is 0.268 e. The van der Waals surface area contributed by atoms with Crippen LogP contribution in [-0.2, 0) is 0 Å². The van der Waals surface area contributed by atoms with Crippen LogP contribution in [0.2, 0.25) is 5.02 Å². The molecule has 5 heteroatoms. The lowest BCUT2D eigenvalue weighted by Gasteiger charge is -2.12. The van der Waals surface area contributed by atoms with Gasteiger partial charge in [-0.2, -0.15) is 0 Å². The lowest BCUT2D eigenvalue weighted by molar-refractivity contribution is 0.894. The first kappa shape index (κ1) is 15.5. The monoisotopic (exact) mass is 320 g/mol. The number of halogens is 2. The normalized spacial score (nSPS) is 10.4. The number of benzene rings is 2. The molecule has 0 aliphatic carbocycles. The fraction of sp³-hybridized carbons (Fsp3) is 0.125. The van der Waals surface area contributed by atoms with E-state index < -0.39 is 0 Å². The first-order valence-electron chi connectivity index (χ1n) is 6.33. The maximum Gasteiger partial charge on any atom is 0.266 e. The molecule has 0 amide bonds. The summed E-state index contributed by atoms with van der Waals surface area (Å²) in [7, 11) is 0. The van der Waals surface area contributed by atoms with Crippen LogP contribution in [0.15, 0.2) is 47.3 Å². The van der Waals surface area contributed by atoms with Crippen LogP contribution < -0.4 is 5.56 Å². The van der Waals surface area contributed by atoms with Gasteiger partial charge in [0.1, 0.15) is 5.82 Å². The molecule has 3 aromatic rings. The molecule has 21 heavy (non-hydrogen) atoms. The minimum absolute atomic E-state index is 0. The van der Waals surface area contributed by atoms with Gasteiger partial charge >= 0.3 is 0 Å². The number of rotatable bonds is 1. The zero-order valence-corrected chi connectivity index (χ0v) is 13.2. The zero-order chi connectivity index (χ0) is 14.3. The standard InChI is InChI=1S/C16H13ClN2O.ClH/c1-10-7-8-15(13(17)9-10)19-11(2)18-14-6-4-3-5-12(14)16(19)20;/h3-9H,1-2H3;1H. The minimum Gasteiger partial charge on any atom is -0.268 e. The van der Waals surface area contributed by atoms with Gasteiger partial charge in [0, 0.05) is 0 Å². The maximum absolute atomic E-state index is 12.7. The van der Waals surface area contributed by atoms with Crippen molar-refractivity contribution < 1.29 is 0 Å². The van der Waals surface area contributed by atoms with Gasteiger partial charge < -0.3 is 0 Å². The molecule has 3 rings (SSSR count). The molecule has 1 aromatic heterocycles.